The van der Waals surface area contributed by atoms with Crippen LogP contribution in [0.5, 0.6) is 0 Å². The molecule has 4 rings (SSSR count). The van der Waals surface area contributed by atoms with Crippen molar-refractivity contribution < 1.29 is 27.5 Å². The number of fused-ring (bicyclic) bond motifs is 2. The molecule has 11 heteroatoms. The summed E-state index contributed by atoms with van der Waals surface area (Å²) in [6.07, 6.45) is -3.80. The van der Waals surface area contributed by atoms with E-state index in [4.69, 9.17) is 4.74 Å². The minimum Gasteiger partial charge on any atom is -0.456 e. The van der Waals surface area contributed by atoms with Crippen molar-refractivity contribution in [2.75, 3.05) is 18.1 Å². The van der Waals surface area contributed by atoms with Gasteiger partial charge in [-0.05, 0) is 43.9 Å². The van der Waals surface area contributed by atoms with E-state index in [1.807, 2.05) is 24.3 Å². The molecule has 3 heterocycles. The second kappa shape index (κ2) is 8.21. The van der Waals surface area contributed by atoms with E-state index in [0.717, 1.165) is 22.2 Å². The molecule has 3 aromatic rings. The van der Waals surface area contributed by atoms with E-state index in [-0.39, 0.29) is 31.1 Å². The van der Waals surface area contributed by atoms with Gasteiger partial charge in [0.2, 0.25) is 0 Å². The molecular weight excluding hydrogens is 427 g/mol. The van der Waals surface area contributed by atoms with Crippen molar-refractivity contribution in [3.8, 4) is 0 Å². The molecule has 0 atom stereocenters. The molecule has 0 N–H and O–H groups in total. The first-order valence-corrected chi connectivity index (χ1v) is 9.99. The van der Waals surface area contributed by atoms with Crippen LogP contribution in [0.3, 0.4) is 0 Å². The molecule has 0 spiro atoms. The summed E-state index contributed by atoms with van der Waals surface area (Å²) in [6.45, 7) is 3.38. The minimum atomic E-state index is -4.68. The fourth-order valence-corrected chi connectivity index (χ4v) is 3.81. The highest BCUT2D eigenvalue weighted by atomic mass is 19.4. The number of hydrogen-bond acceptors (Lipinski definition) is 6. The van der Waals surface area contributed by atoms with Crippen molar-refractivity contribution >= 4 is 23.3 Å². The molecule has 1 aromatic carbocycles. The van der Waals surface area contributed by atoms with Crippen LogP contribution >= 0.6 is 0 Å². The number of rotatable bonds is 5. The summed E-state index contributed by atoms with van der Waals surface area (Å²) in [7, 11) is 0. The molecule has 0 fully saturated rings. The van der Waals surface area contributed by atoms with Gasteiger partial charge in [0.25, 0.3) is 17.5 Å². The third-order valence-electron chi connectivity index (χ3n) is 5.43. The van der Waals surface area contributed by atoms with Gasteiger partial charge in [-0.2, -0.15) is 18.2 Å². The summed E-state index contributed by atoms with van der Waals surface area (Å²) in [5.41, 5.74) is 3.34. The highest BCUT2D eigenvalue weighted by molar-refractivity contribution is 5.97. The first-order valence-electron chi connectivity index (χ1n) is 9.99. The normalized spacial score (nSPS) is 13.5. The molecule has 1 aliphatic heterocycles. The Morgan fingerprint density at radius 2 is 1.91 bits per heavy atom. The Balaban J connectivity index is 1.38. The topological polar surface area (TPSA) is 89.7 Å². The van der Waals surface area contributed by atoms with Crippen molar-refractivity contribution in [1.82, 2.24) is 19.6 Å². The molecule has 8 nitrogen and oxygen atoms in total. The molecule has 0 bridgehead atoms. The summed E-state index contributed by atoms with van der Waals surface area (Å²) in [6, 6.07) is 7.56. The predicted molar refractivity (Wildman–Crippen MR) is 107 cm³/mol. The van der Waals surface area contributed by atoms with Crippen molar-refractivity contribution in [3.05, 3.63) is 52.6 Å². The number of aromatic nitrogens is 4. The zero-order chi connectivity index (χ0) is 23.0. The maximum absolute atomic E-state index is 12.9. The number of alkyl halides is 3. The van der Waals surface area contributed by atoms with Gasteiger partial charge in [-0.15, -0.1) is 5.10 Å². The molecule has 0 saturated heterocycles. The molecule has 0 aliphatic carbocycles. The van der Waals surface area contributed by atoms with Crippen LogP contribution in [-0.2, 0) is 33.3 Å². The van der Waals surface area contributed by atoms with Crippen LogP contribution in [0.15, 0.2) is 24.3 Å². The maximum Gasteiger partial charge on any atom is 0.453 e. The standard InChI is InChI=1S/C21H20F3N5O3/c1-12-15(13(2)29-20(25-12)26-19(27-29)21(22,23)24)7-8-18(31)32-11-17(30)28-10-9-14-5-3-4-6-16(14)28/h3-6H,7-11H2,1-2H3. The van der Waals surface area contributed by atoms with Crippen molar-refractivity contribution in [1.29, 1.82) is 0 Å². The van der Waals surface area contributed by atoms with Gasteiger partial charge < -0.3 is 9.64 Å². The molecular formula is C21H20F3N5O3. The van der Waals surface area contributed by atoms with E-state index < -0.39 is 18.0 Å². The van der Waals surface area contributed by atoms with Crippen LogP contribution < -0.4 is 4.90 Å². The predicted octanol–water partition coefficient (Wildman–Crippen LogP) is 2.83. The van der Waals surface area contributed by atoms with Gasteiger partial charge in [0.05, 0.1) is 0 Å². The van der Waals surface area contributed by atoms with E-state index in [0.29, 0.717) is 23.5 Å². The largest absolute Gasteiger partial charge is 0.456 e. The SMILES string of the molecule is Cc1nc2nc(C(F)(F)F)nn2c(C)c1CCC(=O)OCC(=O)N1CCc2ccccc21. The number of anilines is 1. The lowest BCUT2D eigenvalue weighted by atomic mass is 10.1. The molecule has 0 radical (unpaired) electrons. The lowest BCUT2D eigenvalue weighted by Gasteiger charge is -2.17. The Hall–Kier alpha value is -3.50. The lowest BCUT2D eigenvalue weighted by Crippen LogP contribution is -2.33. The van der Waals surface area contributed by atoms with Gasteiger partial charge in [0.15, 0.2) is 6.61 Å². The second-order valence-corrected chi connectivity index (χ2v) is 7.49. The van der Waals surface area contributed by atoms with Crippen LogP contribution in [0, 0.1) is 13.8 Å². The van der Waals surface area contributed by atoms with Gasteiger partial charge in [0, 0.05) is 30.0 Å². The molecule has 0 saturated carbocycles. The Bertz CT molecular complexity index is 1210. The molecule has 168 valence electrons. The van der Waals surface area contributed by atoms with E-state index in [1.165, 1.54) is 0 Å². The number of ether oxygens (including phenoxy) is 1. The van der Waals surface area contributed by atoms with Crippen LogP contribution in [0.1, 0.15) is 34.8 Å². The first-order chi connectivity index (χ1) is 15.1. The van der Waals surface area contributed by atoms with E-state index in [2.05, 4.69) is 15.1 Å². The van der Waals surface area contributed by atoms with E-state index in [1.54, 1.807) is 18.7 Å². The van der Waals surface area contributed by atoms with Gasteiger partial charge in [-0.3, -0.25) is 9.59 Å². The Kier molecular flexibility index (Phi) is 5.57. The third kappa shape index (κ3) is 4.14. The van der Waals surface area contributed by atoms with Crippen LogP contribution in [0.2, 0.25) is 0 Å². The number of carbonyl (C=O) groups is 2. The number of esters is 1. The molecule has 1 amide bonds. The number of benzene rings is 1. The maximum atomic E-state index is 12.9. The Morgan fingerprint density at radius 3 is 2.66 bits per heavy atom. The van der Waals surface area contributed by atoms with Gasteiger partial charge in [-0.1, -0.05) is 18.2 Å². The van der Waals surface area contributed by atoms with Crippen molar-refractivity contribution in [3.63, 3.8) is 0 Å². The number of amides is 1. The zero-order valence-electron chi connectivity index (χ0n) is 17.4. The van der Waals surface area contributed by atoms with Crippen LogP contribution in [0.4, 0.5) is 18.9 Å². The van der Waals surface area contributed by atoms with Gasteiger partial charge in [-0.25, -0.2) is 9.50 Å². The monoisotopic (exact) mass is 447 g/mol. The summed E-state index contributed by atoms with van der Waals surface area (Å²) in [5, 5.41) is 3.49. The van der Waals surface area contributed by atoms with Crippen molar-refractivity contribution in [2.45, 2.75) is 39.3 Å². The highest BCUT2D eigenvalue weighted by Gasteiger charge is 2.37. The molecule has 1 aliphatic rings. The third-order valence-corrected chi connectivity index (χ3v) is 5.43. The number of aryl methyl sites for hydroxylation is 2. The highest BCUT2D eigenvalue weighted by Crippen LogP contribution is 2.28. The minimum absolute atomic E-state index is 0.0560. The Morgan fingerprint density at radius 1 is 1.16 bits per heavy atom. The number of para-hydroxylation sites is 1. The fraction of sp³-hybridized carbons (Fsp3) is 0.381. The van der Waals surface area contributed by atoms with Crippen LogP contribution in [-0.4, -0.2) is 44.6 Å². The number of nitrogens with zero attached hydrogens (tertiary/aromatic N) is 5. The van der Waals surface area contributed by atoms with Gasteiger partial charge in [0.1, 0.15) is 0 Å². The average Bonchev–Trinajstić information content (AvgIpc) is 3.36. The molecule has 0 unspecified atom stereocenters. The number of halogens is 3. The molecule has 32 heavy (non-hydrogen) atoms. The van der Waals surface area contributed by atoms with E-state index >= 15 is 0 Å². The summed E-state index contributed by atoms with van der Waals surface area (Å²) >= 11 is 0. The summed E-state index contributed by atoms with van der Waals surface area (Å²) in [5.74, 6) is -2.32. The van der Waals surface area contributed by atoms with E-state index in [9.17, 15) is 22.8 Å². The summed E-state index contributed by atoms with van der Waals surface area (Å²) in [4.78, 5) is 33.8. The quantitative estimate of drug-likeness (QED) is 0.559. The smallest absolute Gasteiger partial charge is 0.453 e. The Labute approximate surface area is 181 Å². The number of hydrogen-bond donors (Lipinski definition) is 0. The summed E-state index contributed by atoms with van der Waals surface area (Å²) < 4.78 is 44.8. The van der Waals surface area contributed by atoms with Crippen molar-refractivity contribution in [2.24, 2.45) is 0 Å². The number of carbonyl (C=O) groups excluding carboxylic acids is 2. The lowest BCUT2D eigenvalue weighted by molar-refractivity contribution is -0.147. The average molecular weight is 447 g/mol. The van der Waals surface area contributed by atoms with Gasteiger partial charge >= 0.3 is 12.1 Å². The second-order valence-electron chi connectivity index (χ2n) is 7.49. The molecule has 2 aromatic heterocycles. The zero-order valence-corrected chi connectivity index (χ0v) is 17.4. The first kappa shape index (κ1) is 21.7. The fourth-order valence-electron chi connectivity index (χ4n) is 3.81. The van der Waals surface area contributed by atoms with Crippen LogP contribution in [0.25, 0.3) is 5.78 Å².